The Bertz CT molecular complexity index is 878. The summed E-state index contributed by atoms with van der Waals surface area (Å²) in [5.41, 5.74) is 0.697. The van der Waals surface area contributed by atoms with Gasteiger partial charge in [-0.2, -0.15) is 0 Å². The molecule has 2 saturated heterocycles. The lowest BCUT2D eigenvalue weighted by atomic mass is 10.0. The Morgan fingerprint density at radius 1 is 1.35 bits per heavy atom. The standard InChI is InChI=1S/C19H24N4O3/c1-11(2)16-9-23-8-12(7-13(23)10-26-16)20-18(24)17-19(25)22-15-6-4-3-5-14(15)21-17/h3-6,11-13,16H,7-10H2,1-2H3,(H,20,24)(H,22,25)/t12-,13-,16+/m0/s1. The molecule has 0 bridgehead atoms. The summed E-state index contributed by atoms with van der Waals surface area (Å²) in [6.45, 7) is 6.71. The maximum atomic E-state index is 12.6. The Morgan fingerprint density at radius 3 is 2.96 bits per heavy atom. The highest BCUT2D eigenvalue weighted by atomic mass is 16.5. The molecule has 1 aromatic heterocycles. The van der Waals surface area contributed by atoms with Crippen molar-refractivity contribution >= 4 is 16.9 Å². The smallest absolute Gasteiger partial charge is 0.280 e. The van der Waals surface area contributed by atoms with Crippen molar-refractivity contribution in [2.24, 2.45) is 5.92 Å². The van der Waals surface area contributed by atoms with Crippen molar-refractivity contribution in [2.75, 3.05) is 19.7 Å². The SMILES string of the molecule is CC(C)[C@H]1CN2C[C@@H](NC(=O)c3nc4ccccc4[nH]c3=O)C[C@H]2CO1. The average Bonchev–Trinajstić information content (AvgIpc) is 3.02. The molecule has 0 unspecified atom stereocenters. The van der Waals surface area contributed by atoms with Gasteiger partial charge in [0, 0.05) is 25.2 Å². The van der Waals surface area contributed by atoms with Crippen LogP contribution < -0.4 is 10.9 Å². The third kappa shape index (κ3) is 3.24. The maximum absolute atomic E-state index is 12.6. The number of carbonyl (C=O) groups excluding carboxylic acids is 1. The van der Waals surface area contributed by atoms with Gasteiger partial charge in [-0.1, -0.05) is 26.0 Å². The molecule has 1 aromatic carbocycles. The summed E-state index contributed by atoms with van der Waals surface area (Å²) in [6, 6.07) is 7.54. The Kier molecular flexibility index (Phi) is 4.50. The van der Waals surface area contributed by atoms with E-state index in [2.05, 4.69) is 34.0 Å². The Balaban J connectivity index is 1.46. The Morgan fingerprint density at radius 2 is 2.15 bits per heavy atom. The molecule has 0 spiro atoms. The quantitative estimate of drug-likeness (QED) is 0.861. The van der Waals surface area contributed by atoms with Crippen molar-refractivity contribution in [2.45, 2.75) is 38.5 Å². The first kappa shape index (κ1) is 17.2. The van der Waals surface area contributed by atoms with Gasteiger partial charge < -0.3 is 15.0 Å². The zero-order valence-electron chi connectivity index (χ0n) is 15.1. The summed E-state index contributed by atoms with van der Waals surface area (Å²) >= 11 is 0. The average molecular weight is 356 g/mol. The van der Waals surface area contributed by atoms with Gasteiger partial charge in [-0.3, -0.25) is 14.5 Å². The van der Waals surface area contributed by atoms with Crippen LogP contribution in [-0.4, -0.2) is 58.7 Å². The van der Waals surface area contributed by atoms with E-state index in [1.807, 2.05) is 12.1 Å². The van der Waals surface area contributed by atoms with E-state index in [0.29, 0.717) is 29.6 Å². The Labute approximate surface area is 151 Å². The number of aromatic amines is 1. The van der Waals surface area contributed by atoms with Gasteiger partial charge in [-0.25, -0.2) is 4.98 Å². The topological polar surface area (TPSA) is 87.3 Å². The second kappa shape index (κ2) is 6.81. The molecule has 2 aliphatic heterocycles. The number of para-hydroxylation sites is 2. The monoisotopic (exact) mass is 356 g/mol. The first-order chi connectivity index (χ1) is 12.5. The molecule has 0 radical (unpaired) electrons. The van der Waals surface area contributed by atoms with Crippen molar-refractivity contribution in [3.63, 3.8) is 0 Å². The van der Waals surface area contributed by atoms with Crippen molar-refractivity contribution < 1.29 is 9.53 Å². The number of fused-ring (bicyclic) bond motifs is 2. The van der Waals surface area contributed by atoms with Gasteiger partial charge >= 0.3 is 0 Å². The highest BCUT2D eigenvalue weighted by Gasteiger charge is 2.38. The zero-order valence-corrected chi connectivity index (χ0v) is 15.1. The number of ether oxygens (including phenoxy) is 1. The van der Waals surface area contributed by atoms with Gasteiger partial charge in [-0.15, -0.1) is 0 Å². The first-order valence-electron chi connectivity index (χ1n) is 9.17. The van der Waals surface area contributed by atoms with E-state index in [9.17, 15) is 9.59 Å². The van der Waals surface area contributed by atoms with E-state index in [1.54, 1.807) is 12.1 Å². The van der Waals surface area contributed by atoms with E-state index < -0.39 is 11.5 Å². The van der Waals surface area contributed by atoms with E-state index in [1.165, 1.54) is 0 Å². The second-order valence-electron chi connectivity index (χ2n) is 7.56. The summed E-state index contributed by atoms with van der Waals surface area (Å²) < 4.78 is 5.94. The fraction of sp³-hybridized carbons (Fsp3) is 0.526. The highest BCUT2D eigenvalue weighted by Crippen LogP contribution is 2.25. The lowest BCUT2D eigenvalue weighted by Crippen LogP contribution is -2.48. The molecule has 26 heavy (non-hydrogen) atoms. The minimum absolute atomic E-state index is 0.00897. The lowest BCUT2D eigenvalue weighted by Gasteiger charge is -2.36. The van der Waals surface area contributed by atoms with Crippen LogP contribution in [0, 0.1) is 5.92 Å². The number of hydrogen-bond donors (Lipinski definition) is 2. The maximum Gasteiger partial charge on any atom is 0.280 e. The van der Waals surface area contributed by atoms with Crippen LogP contribution in [0.3, 0.4) is 0 Å². The van der Waals surface area contributed by atoms with E-state index >= 15 is 0 Å². The summed E-state index contributed by atoms with van der Waals surface area (Å²) in [5.74, 6) is 0.0631. The third-order valence-corrected chi connectivity index (χ3v) is 5.34. The van der Waals surface area contributed by atoms with Gasteiger partial charge in [0.2, 0.25) is 0 Å². The fourth-order valence-electron chi connectivity index (χ4n) is 3.84. The van der Waals surface area contributed by atoms with E-state index in [4.69, 9.17) is 4.74 Å². The summed E-state index contributed by atoms with van der Waals surface area (Å²) in [7, 11) is 0. The van der Waals surface area contributed by atoms with Gasteiger partial charge in [0.25, 0.3) is 11.5 Å². The molecule has 7 nitrogen and oxygen atoms in total. The van der Waals surface area contributed by atoms with Crippen molar-refractivity contribution in [1.82, 2.24) is 20.2 Å². The molecule has 1 amide bonds. The summed E-state index contributed by atoms with van der Waals surface area (Å²) in [4.78, 5) is 34.2. The molecule has 3 atom stereocenters. The van der Waals surface area contributed by atoms with Crippen LogP contribution >= 0.6 is 0 Å². The number of amides is 1. The molecule has 138 valence electrons. The van der Waals surface area contributed by atoms with Gasteiger partial charge in [0.05, 0.1) is 23.7 Å². The van der Waals surface area contributed by atoms with Crippen LogP contribution in [0.5, 0.6) is 0 Å². The number of morpholine rings is 1. The number of nitrogens with zero attached hydrogens (tertiary/aromatic N) is 2. The first-order valence-corrected chi connectivity index (χ1v) is 9.17. The van der Waals surface area contributed by atoms with Crippen LogP contribution in [0.1, 0.15) is 30.8 Å². The van der Waals surface area contributed by atoms with Crippen molar-refractivity contribution in [3.05, 3.63) is 40.3 Å². The molecule has 7 heteroatoms. The number of aromatic nitrogens is 2. The number of H-pyrrole nitrogens is 1. The van der Waals surface area contributed by atoms with Gasteiger partial charge in [0.1, 0.15) is 0 Å². The number of carbonyl (C=O) groups is 1. The van der Waals surface area contributed by atoms with Crippen LogP contribution in [-0.2, 0) is 4.74 Å². The molecule has 2 N–H and O–H groups in total. The predicted octanol–water partition coefficient (Wildman–Crippen LogP) is 1.15. The Hall–Kier alpha value is -2.25. The fourth-order valence-corrected chi connectivity index (χ4v) is 3.84. The zero-order chi connectivity index (χ0) is 18.3. The minimum atomic E-state index is -0.458. The van der Waals surface area contributed by atoms with Crippen LogP contribution in [0.15, 0.2) is 29.1 Å². The van der Waals surface area contributed by atoms with Gasteiger partial charge in [0.15, 0.2) is 5.69 Å². The predicted molar refractivity (Wildman–Crippen MR) is 98.2 cm³/mol. The molecular formula is C19H24N4O3. The number of hydrogen-bond acceptors (Lipinski definition) is 5. The summed E-state index contributed by atoms with van der Waals surface area (Å²) in [5, 5.41) is 2.98. The number of rotatable bonds is 3. The normalized spacial score (nSPS) is 26.2. The van der Waals surface area contributed by atoms with Crippen molar-refractivity contribution in [3.8, 4) is 0 Å². The summed E-state index contributed by atoms with van der Waals surface area (Å²) in [6.07, 6.45) is 1.08. The minimum Gasteiger partial charge on any atom is -0.375 e. The molecular weight excluding hydrogens is 332 g/mol. The molecule has 0 saturated carbocycles. The van der Waals surface area contributed by atoms with Crippen molar-refractivity contribution in [1.29, 1.82) is 0 Å². The molecule has 2 aliphatic rings. The molecule has 4 rings (SSSR count). The highest BCUT2D eigenvalue weighted by molar-refractivity contribution is 5.93. The van der Waals surface area contributed by atoms with Crippen LogP contribution in [0.25, 0.3) is 11.0 Å². The largest absolute Gasteiger partial charge is 0.375 e. The lowest BCUT2D eigenvalue weighted by molar-refractivity contribution is -0.0683. The number of benzene rings is 1. The van der Waals surface area contributed by atoms with Crippen LogP contribution in [0.2, 0.25) is 0 Å². The van der Waals surface area contributed by atoms with E-state index in [-0.39, 0.29) is 17.8 Å². The van der Waals surface area contributed by atoms with Gasteiger partial charge in [-0.05, 0) is 24.5 Å². The molecule has 2 aromatic rings. The molecule has 2 fully saturated rings. The number of nitrogens with one attached hydrogen (secondary N) is 2. The third-order valence-electron chi connectivity index (χ3n) is 5.34. The second-order valence-corrected chi connectivity index (χ2v) is 7.56. The van der Waals surface area contributed by atoms with E-state index in [0.717, 1.165) is 19.5 Å². The molecule has 0 aliphatic carbocycles. The van der Waals surface area contributed by atoms with Crippen LogP contribution in [0.4, 0.5) is 0 Å². The molecule has 3 heterocycles.